The summed E-state index contributed by atoms with van der Waals surface area (Å²) >= 11 is 7.67. The second kappa shape index (κ2) is 5.17. The molecular weight excluding hydrogens is 254 g/mol. The van der Waals surface area contributed by atoms with Gasteiger partial charge in [0.25, 0.3) is 0 Å². The first-order chi connectivity index (χ1) is 8.19. The lowest BCUT2D eigenvalue weighted by atomic mass is 10.2. The molecule has 5 heteroatoms. The summed E-state index contributed by atoms with van der Waals surface area (Å²) in [5.74, 6) is 0. The summed E-state index contributed by atoms with van der Waals surface area (Å²) in [4.78, 5) is 4.35. The zero-order chi connectivity index (χ0) is 12.3. The number of aromatic nitrogens is 1. The van der Waals surface area contributed by atoms with E-state index in [-0.39, 0.29) is 0 Å². The Hall–Kier alpha value is -1.57. The Kier molecular flexibility index (Phi) is 3.62. The number of nitrogens with zero attached hydrogens (tertiary/aromatic N) is 2. The van der Waals surface area contributed by atoms with Gasteiger partial charge < -0.3 is 5.32 Å². The van der Waals surface area contributed by atoms with Crippen LogP contribution in [0.1, 0.15) is 16.3 Å². The average molecular weight is 264 g/mol. The number of hydrogen-bond acceptors (Lipinski definition) is 4. The highest BCUT2D eigenvalue weighted by Gasteiger charge is 2.03. The van der Waals surface area contributed by atoms with Crippen LogP contribution in [0, 0.1) is 18.3 Å². The molecule has 0 atom stereocenters. The number of anilines is 1. The van der Waals surface area contributed by atoms with Crippen molar-refractivity contribution in [3.8, 4) is 6.07 Å². The van der Waals surface area contributed by atoms with E-state index in [9.17, 15) is 0 Å². The lowest BCUT2D eigenvalue weighted by Gasteiger charge is -2.06. The zero-order valence-corrected chi connectivity index (χ0v) is 10.8. The minimum absolute atomic E-state index is 0.552. The van der Waals surface area contributed by atoms with Gasteiger partial charge in [0, 0.05) is 5.38 Å². The second-order valence-electron chi connectivity index (χ2n) is 3.52. The fourth-order valence-corrected chi connectivity index (χ4v) is 2.26. The molecule has 3 nitrogen and oxygen atoms in total. The Bertz CT molecular complexity index is 571. The predicted octanol–water partition coefficient (Wildman–Crippen LogP) is 3.59. The molecule has 0 saturated carbocycles. The number of rotatable bonds is 3. The van der Waals surface area contributed by atoms with Gasteiger partial charge in [0.15, 0.2) is 0 Å². The van der Waals surface area contributed by atoms with Crippen LogP contribution < -0.4 is 5.32 Å². The molecule has 0 saturated heterocycles. The summed E-state index contributed by atoms with van der Waals surface area (Å²) in [6.45, 7) is 2.61. The van der Waals surface area contributed by atoms with Crippen LogP contribution in [-0.2, 0) is 6.54 Å². The van der Waals surface area contributed by atoms with E-state index < -0.39 is 0 Å². The molecule has 1 heterocycles. The number of nitriles is 1. The lowest BCUT2D eigenvalue weighted by Crippen LogP contribution is -2.00. The molecule has 0 fully saturated rings. The lowest BCUT2D eigenvalue weighted by molar-refractivity contribution is 1.05. The number of aryl methyl sites for hydroxylation is 1. The molecule has 86 valence electrons. The smallest absolute Gasteiger partial charge is 0.0992 e. The fourth-order valence-electron chi connectivity index (χ4n) is 1.40. The second-order valence-corrected chi connectivity index (χ2v) is 4.99. The molecular formula is C12H10ClN3S. The number of benzene rings is 1. The molecule has 1 N–H and O–H groups in total. The molecule has 17 heavy (non-hydrogen) atoms. The molecule has 0 radical (unpaired) electrons. The largest absolute Gasteiger partial charge is 0.378 e. The van der Waals surface area contributed by atoms with Gasteiger partial charge in [-0.1, -0.05) is 11.6 Å². The summed E-state index contributed by atoms with van der Waals surface area (Å²) in [5, 5.41) is 15.5. The van der Waals surface area contributed by atoms with E-state index in [4.69, 9.17) is 16.9 Å². The van der Waals surface area contributed by atoms with E-state index in [0.717, 1.165) is 16.4 Å². The SMILES string of the molecule is Cc1nc(CNc2ccc(C#N)cc2Cl)cs1. The molecule has 1 aromatic carbocycles. The monoisotopic (exact) mass is 263 g/mol. The molecule has 2 aromatic rings. The summed E-state index contributed by atoms with van der Waals surface area (Å²) in [6.07, 6.45) is 0. The summed E-state index contributed by atoms with van der Waals surface area (Å²) in [6, 6.07) is 7.24. The topological polar surface area (TPSA) is 48.7 Å². The quantitative estimate of drug-likeness (QED) is 0.921. The first-order valence-electron chi connectivity index (χ1n) is 5.03. The van der Waals surface area contributed by atoms with Crippen LogP contribution in [0.5, 0.6) is 0 Å². The van der Waals surface area contributed by atoms with Crippen molar-refractivity contribution in [3.63, 3.8) is 0 Å². The predicted molar refractivity (Wildman–Crippen MR) is 70.3 cm³/mol. The van der Waals surface area contributed by atoms with Crippen molar-refractivity contribution in [1.29, 1.82) is 5.26 Å². The number of halogens is 1. The standard InChI is InChI=1S/C12H10ClN3S/c1-8-16-10(7-17-8)6-15-12-3-2-9(5-14)4-11(12)13/h2-4,7,15H,6H2,1H3. The minimum atomic E-state index is 0.552. The molecule has 0 amide bonds. The van der Waals surface area contributed by atoms with Gasteiger partial charge in [-0.15, -0.1) is 11.3 Å². The van der Waals surface area contributed by atoms with Gasteiger partial charge in [-0.25, -0.2) is 4.98 Å². The molecule has 2 rings (SSSR count). The van der Waals surface area contributed by atoms with Gasteiger partial charge in [-0.2, -0.15) is 5.26 Å². The van der Waals surface area contributed by atoms with Crippen LogP contribution in [-0.4, -0.2) is 4.98 Å². The van der Waals surface area contributed by atoms with Crippen LogP contribution in [0.15, 0.2) is 23.6 Å². The number of thiazole rings is 1. The Morgan fingerprint density at radius 3 is 2.94 bits per heavy atom. The number of hydrogen-bond donors (Lipinski definition) is 1. The number of nitrogens with one attached hydrogen (secondary N) is 1. The Labute approximate surface area is 109 Å². The van der Waals surface area contributed by atoms with Gasteiger partial charge >= 0.3 is 0 Å². The first kappa shape index (κ1) is 11.9. The van der Waals surface area contributed by atoms with E-state index in [1.165, 1.54) is 0 Å². The van der Waals surface area contributed by atoms with Gasteiger partial charge in [0.05, 0.1) is 39.6 Å². The zero-order valence-electron chi connectivity index (χ0n) is 9.20. The van der Waals surface area contributed by atoms with Gasteiger partial charge in [0.2, 0.25) is 0 Å². The molecule has 0 unspecified atom stereocenters. The minimum Gasteiger partial charge on any atom is -0.378 e. The molecule has 0 aliphatic rings. The maximum atomic E-state index is 8.73. The third-order valence-corrected chi connectivity index (χ3v) is 3.36. The van der Waals surface area contributed by atoms with Crippen molar-refractivity contribution in [2.75, 3.05) is 5.32 Å². The molecule has 0 aliphatic heterocycles. The maximum Gasteiger partial charge on any atom is 0.0992 e. The van der Waals surface area contributed by atoms with Crippen LogP contribution in [0.3, 0.4) is 0 Å². The third kappa shape index (κ3) is 2.96. The molecule has 0 aliphatic carbocycles. The van der Waals surface area contributed by atoms with Crippen LogP contribution in [0.2, 0.25) is 5.02 Å². The van der Waals surface area contributed by atoms with E-state index in [0.29, 0.717) is 17.1 Å². The first-order valence-corrected chi connectivity index (χ1v) is 6.29. The highest BCUT2D eigenvalue weighted by Crippen LogP contribution is 2.23. The van der Waals surface area contributed by atoms with Gasteiger partial charge in [0.1, 0.15) is 0 Å². The van der Waals surface area contributed by atoms with Crippen LogP contribution in [0.4, 0.5) is 5.69 Å². The van der Waals surface area contributed by atoms with Crippen molar-refractivity contribution in [2.45, 2.75) is 13.5 Å². The van der Waals surface area contributed by atoms with Crippen LogP contribution in [0.25, 0.3) is 0 Å². The van der Waals surface area contributed by atoms with Crippen molar-refractivity contribution < 1.29 is 0 Å². The van der Waals surface area contributed by atoms with Crippen molar-refractivity contribution >= 4 is 28.6 Å². The summed E-state index contributed by atoms with van der Waals surface area (Å²) in [5.41, 5.74) is 2.37. The average Bonchev–Trinajstić information content (AvgIpc) is 2.73. The normalized spacial score (nSPS) is 9.94. The Morgan fingerprint density at radius 1 is 1.53 bits per heavy atom. The summed E-state index contributed by atoms with van der Waals surface area (Å²) < 4.78 is 0. The molecule has 0 bridgehead atoms. The van der Waals surface area contributed by atoms with Crippen molar-refractivity contribution in [1.82, 2.24) is 4.98 Å². The van der Waals surface area contributed by atoms with Crippen molar-refractivity contribution in [2.24, 2.45) is 0 Å². The highest BCUT2D eigenvalue weighted by molar-refractivity contribution is 7.09. The maximum absolute atomic E-state index is 8.73. The van der Waals surface area contributed by atoms with Gasteiger partial charge in [-0.05, 0) is 25.1 Å². The Morgan fingerprint density at radius 2 is 2.35 bits per heavy atom. The molecule has 1 aromatic heterocycles. The van der Waals surface area contributed by atoms with E-state index in [1.54, 1.807) is 29.5 Å². The Balaban J connectivity index is 2.07. The highest BCUT2D eigenvalue weighted by atomic mass is 35.5. The van der Waals surface area contributed by atoms with E-state index >= 15 is 0 Å². The fraction of sp³-hybridized carbons (Fsp3) is 0.167. The molecule has 0 spiro atoms. The van der Waals surface area contributed by atoms with Gasteiger partial charge in [-0.3, -0.25) is 0 Å². The van der Waals surface area contributed by atoms with E-state index in [2.05, 4.69) is 10.3 Å². The summed E-state index contributed by atoms with van der Waals surface area (Å²) in [7, 11) is 0. The third-order valence-electron chi connectivity index (χ3n) is 2.22. The van der Waals surface area contributed by atoms with Crippen LogP contribution >= 0.6 is 22.9 Å². The van der Waals surface area contributed by atoms with Crippen molar-refractivity contribution in [3.05, 3.63) is 44.9 Å². The van der Waals surface area contributed by atoms with E-state index in [1.807, 2.05) is 18.4 Å².